The third-order valence-corrected chi connectivity index (χ3v) is 3.71. The zero-order chi connectivity index (χ0) is 13.0. The molecule has 1 amide bonds. The fourth-order valence-corrected chi connectivity index (χ4v) is 2.79. The van der Waals surface area contributed by atoms with Crippen LogP contribution in [-0.2, 0) is 16.4 Å². The number of carbonyl (C=O) groups excluding carboxylic acids is 1. The standard InChI is InChI=1S/C12H11F3N2O/c13-12(14,15)8-3-1-2-7-9(8)17-10(18)11(7)4-5-16-6-11/h1-3,16H,4-6H2,(H,17,18)/t11-/m0/s1. The number of anilines is 1. The van der Waals surface area contributed by atoms with Crippen molar-refractivity contribution in [1.29, 1.82) is 0 Å². The number of benzene rings is 1. The SMILES string of the molecule is O=C1Nc2c(C(F)(F)F)cccc2[C@@]12CCNC2. The van der Waals surface area contributed by atoms with E-state index in [-0.39, 0.29) is 11.6 Å². The molecule has 2 heterocycles. The highest BCUT2D eigenvalue weighted by Crippen LogP contribution is 2.47. The fraction of sp³-hybridized carbons (Fsp3) is 0.417. The number of hydrogen-bond donors (Lipinski definition) is 2. The minimum absolute atomic E-state index is 0.0706. The van der Waals surface area contributed by atoms with Gasteiger partial charge in [0.05, 0.1) is 16.7 Å². The topological polar surface area (TPSA) is 41.1 Å². The number of fused-ring (bicyclic) bond motifs is 2. The molecular formula is C12H11F3N2O. The van der Waals surface area contributed by atoms with Gasteiger partial charge in [-0.05, 0) is 24.6 Å². The summed E-state index contributed by atoms with van der Waals surface area (Å²) in [6.07, 6.45) is -3.91. The van der Waals surface area contributed by atoms with E-state index in [1.165, 1.54) is 6.07 Å². The Labute approximate surface area is 101 Å². The zero-order valence-electron chi connectivity index (χ0n) is 9.40. The van der Waals surface area contributed by atoms with Crippen LogP contribution in [0.1, 0.15) is 17.5 Å². The summed E-state index contributed by atoms with van der Waals surface area (Å²) >= 11 is 0. The van der Waals surface area contributed by atoms with Crippen LogP contribution in [0.5, 0.6) is 0 Å². The van der Waals surface area contributed by atoms with Gasteiger partial charge in [0, 0.05) is 6.54 Å². The maximum Gasteiger partial charge on any atom is 0.418 e. The van der Waals surface area contributed by atoms with Crippen molar-refractivity contribution in [2.24, 2.45) is 0 Å². The van der Waals surface area contributed by atoms with Crippen LogP contribution < -0.4 is 10.6 Å². The summed E-state index contributed by atoms with van der Waals surface area (Å²) in [5.41, 5.74) is -1.19. The monoisotopic (exact) mass is 256 g/mol. The number of carbonyl (C=O) groups is 1. The minimum atomic E-state index is -4.45. The van der Waals surface area contributed by atoms with Crippen LogP contribution in [0.15, 0.2) is 18.2 Å². The molecule has 0 radical (unpaired) electrons. The first-order valence-electron chi connectivity index (χ1n) is 5.68. The first-order valence-corrected chi connectivity index (χ1v) is 5.68. The molecule has 1 aromatic rings. The highest BCUT2D eigenvalue weighted by molar-refractivity contribution is 6.07. The van der Waals surface area contributed by atoms with Gasteiger partial charge in [-0.2, -0.15) is 13.2 Å². The van der Waals surface area contributed by atoms with Crippen molar-refractivity contribution in [3.8, 4) is 0 Å². The molecule has 2 aliphatic rings. The van der Waals surface area contributed by atoms with Gasteiger partial charge in [-0.25, -0.2) is 0 Å². The molecule has 3 nitrogen and oxygen atoms in total. The van der Waals surface area contributed by atoms with Gasteiger partial charge in [-0.1, -0.05) is 12.1 Å². The smallest absolute Gasteiger partial charge is 0.324 e. The van der Waals surface area contributed by atoms with Crippen LogP contribution in [0.2, 0.25) is 0 Å². The van der Waals surface area contributed by atoms with Gasteiger partial charge < -0.3 is 10.6 Å². The maximum atomic E-state index is 12.9. The number of nitrogens with one attached hydrogen (secondary N) is 2. The van der Waals surface area contributed by atoms with E-state index in [2.05, 4.69) is 10.6 Å². The molecule has 2 N–H and O–H groups in total. The molecule has 1 atom stereocenters. The van der Waals surface area contributed by atoms with Crippen LogP contribution in [0, 0.1) is 0 Å². The second-order valence-corrected chi connectivity index (χ2v) is 4.69. The minimum Gasteiger partial charge on any atom is -0.324 e. The molecule has 18 heavy (non-hydrogen) atoms. The van der Waals surface area contributed by atoms with Crippen LogP contribution in [0.3, 0.4) is 0 Å². The molecular weight excluding hydrogens is 245 g/mol. The Morgan fingerprint density at radius 1 is 1.28 bits per heavy atom. The zero-order valence-corrected chi connectivity index (χ0v) is 9.40. The van der Waals surface area contributed by atoms with E-state index in [0.29, 0.717) is 25.1 Å². The maximum absolute atomic E-state index is 12.9. The van der Waals surface area contributed by atoms with Gasteiger partial charge >= 0.3 is 6.18 Å². The first kappa shape index (κ1) is 11.5. The Balaban J connectivity index is 2.19. The quantitative estimate of drug-likeness (QED) is 0.744. The number of para-hydroxylation sites is 1. The molecule has 1 aromatic carbocycles. The Morgan fingerprint density at radius 2 is 2.06 bits per heavy atom. The van der Waals surface area contributed by atoms with Crippen LogP contribution >= 0.6 is 0 Å². The normalized spacial score (nSPS) is 26.5. The van der Waals surface area contributed by atoms with E-state index in [4.69, 9.17) is 0 Å². The molecule has 2 aliphatic heterocycles. The van der Waals surface area contributed by atoms with E-state index in [9.17, 15) is 18.0 Å². The molecule has 96 valence electrons. The van der Waals surface area contributed by atoms with Crippen LogP contribution in [-0.4, -0.2) is 19.0 Å². The van der Waals surface area contributed by atoms with Gasteiger partial charge in [0.25, 0.3) is 0 Å². The third kappa shape index (κ3) is 1.38. The number of amides is 1. The molecule has 6 heteroatoms. The average molecular weight is 256 g/mol. The van der Waals surface area contributed by atoms with E-state index in [1.807, 2.05) is 0 Å². The van der Waals surface area contributed by atoms with Gasteiger partial charge in [0.1, 0.15) is 0 Å². The lowest BCUT2D eigenvalue weighted by Crippen LogP contribution is -2.36. The second kappa shape index (κ2) is 3.47. The van der Waals surface area contributed by atoms with Gasteiger partial charge in [-0.3, -0.25) is 4.79 Å². The summed E-state index contributed by atoms with van der Waals surface area (Å²) in [6, 6.07) is 3.97. The van der Waals surface area contributed by atoms with Crippen LogP contribution in [0.4, 0.5) is 18.9 Å². The Hall–Kier alpha value is -1.56. The lowest BCUT2D eigenvalue weighted by atomic mass is 9.80. The van der Waals surface area contributed by atoms with Crippen molar-refractivity contribution in [1.82, 2.24) is 5.32 Å². The van der Waals surface area contributed by atoms with E-state index in [1.54, 1.807) is 6.07 Å². The van der Waals surface area contributed by atoms with Gasteiger partial charge in [-0.15, -0.1) is 0 Å². The largest absolute Gasteiger partial charge is 0.418 e. The molecule has 1 fully saturated rings. The van der Waals surface area contributed by atoms with Gasteiger partial charge in [0.15, 0.2) is 0 Å². The second-order valence-electron chi connectivity index (χ2n) is 4.69. The lowest BCUT2D eigenvalue weighted by molar-refractivity contribution is -0.136. The molecule has 1 spiro atoms. The molecule has 3 rings (SSSR count). The van der Waals surface area contributed by atoms with Crippen LogP contribution in [0.25, 0.3) is 0 Å². The summed E-state index contributed by atoms with van der Waals surface area (Å²) in [6.45, 7) is 1.04. The predicted molar refractivity (Wildman–Crippen MR) is 59.2 cm³/mol. The number of rotatable bonds is 0. The summed E-state index contributed by atoms with van der Waals surface area (Å²) in [5, 5.41) is 5.45. The number of hydrogen-bond acceptors (Lipinski definition) is 2. The molecule has 0 saturated carbocycles. The third-order valence-electron chi connectivity index (χ3n) is 3.71. The van der Waals surface area contributed by atoms with Crippen molar-refractivity contribution >= 4 is 11.6 Å². The molecule has 0 aliphatic carbocycles. The highest BCUT2D eigenvalue weighted by atomic mass is 19.4. The molecule has 0 aromatic heterocycles. The molecule has 1 saturated heterocycles. The fourth-order valence-electron chi connectivity index (χ4n) is 2.79. The Bertz CT molecular complexity index is 519. The van der Waals surface area contributed by atoms with Crippen molar-refractivity contribution in [2.75, 3.05) is 18.4 Å². The predicted octanol–water partition coefficient (Wildman–Crippen LogP) is 1.89. The number of alkyl halides is 3. The number of halogens is 3. The lowest BCUT2D eigenvalue weighted by Gasteiger charge is -2.20. The van der Waals surface area contributed by atoms with Crippen molar-refractivity contribution in [2.45, 2.75) is 18.0 Å². The summed E-state index contributed by atoms with van der Waals surface area (Å²) in [7, 11) is 0. The Kier molecular flexibility index (Phi) is 2.22. The van der Waals surface area contributed by atoms with Crippen molar-refractivity contribution < 1.29 is 18.0 Å². The summed E-state index contributed by atoms with van der Waals surface area (Å²) in [5.74, 6) is -0.334. The van der Waals surface area contributed by atoms with E-state index >= 15 is 0 Å². The summed E-state index contributed by atoms with van der Waals surface area (Å²) in [4.78, 5) is 12.0. The molecule has 0 unspecified atom stereocenters. The van der Waals surface area contributed by atoms with Gasteiger partial charge in [0.2, 0.25) is 5.91 Å². The van der Waals surface area contributed by atoms with Crippen molar-refractivity contribution in [3.63, 3.8) is 0 Å². The summed E-state index contributed by atoms with van der Waals surface area (Å²) < 4.78 is 38.6. The first-order chi connectivity index (χ1) is 8.45. The highest BCUT2D eigenvalue weighted by Gasteiger charge is 2.51. The molecule has 0 bridgehead atoms. The average Bonchev–Trinajstić information content (AvgIpc) is 2.86. The Morgan fingerprint density at radius 3 is 2.67 bits per heavy atom. The van der Waals surface area contributed by atoms with Crippen molar-refractivity contribution in [3.05, 3.63) is 29.3 Å². The van der Waals surface area contributed by atoms with E-state index in [0.717, 1.165) is 6.07 Å². The van der Waals surface area contributed by atoms with E-state index < -0.39 is 17.2 Å².